The van der Waals surface area contributed by atoms with Gasteiger partial charge in [-0.05, 0) is 18.1 Å². The van der Waals surface area contributed by atoms with Crippen molar-refractivity contribution in [1.29, 1.82) is 0 Å². The fourth-order valence-electron chi connectivity index (χ4n) is 1.72. The smallest absolute Gasteiger partial charge is 0.276 e. The fourth-order valence-corrected chi connectivity index (χ4v) is 1.72. The fraction of sp³-hybridized carbons (Fsp3) is 0.308. The number of carbonyl (C=O) groups excluding carboxylic acids is 1. The van der Waals surface area contributed by atoms with Crippen LogP contribution in [-0.4, -0.2) is 20.4 Å². The van der Waals surface area contributed by atoms with Crippen LogP contribution in [0.2, 0.25) is 0 Å². The van der Waals surface area contributed by atoms with Crippen molar-refractivity contribution < 1.29 is 4.79 Å². The lowest BCUT2D eigenvalue weighted by Crippen LogP contribution is -2.18. The van der Waals surface area contributed by atoms with E-state index in [1.807, 2.05) is 10.8 Å². The van der Waals surface area contributed by atoms with Gasteiger partial charge < -0.3 is 10.3 Å². The maximum Gasteiger partial charge on any atom is 0.276 e. The number of pyridine rings is 1. The van der Waals surface area contributed by atoms with Gasteiger partial charge in [-0.15, -0.1) is 0 Å². The zero-order chi connectivity index (χ0) is 13.8. The van der Waals surface area contributed by atoms with Gasteiger partial charge in [0.25, 0.3) is 5.91 Å². The van der Waals surface area contributed by atoms with Crippen LogP contribution in [0, 0.1) is 5.92 Å². The number of nitrogens with zero attached hydrogens (tertiary/aromatic N) is 3. The van der Waals surface area contributed by atoms with Crippen LogP contribution in [-0.2, 0) is 6.54 Å². The second kappa shape index (κ2) is 5.51. The second-order valence-corrected chi connectivity index (χ2v) is 4.70. The minimum Gasteiger partial charge on any atom is -0.384 e. The number of hydrogen-bond donors (Lipinski definition) is 2. The third kappa shape index (κ3) is 3.31. The molecular formula is C13H17N5O. The lowest BCUT2D eigenvalue weighted by atomic mass is 10.2. The molecule has 0 saturated heterocycles. The Morgan fingerprint density at radius 2 is 2.26 bits per heavy atom. The first-order valence-corrected chi connectivity index (χ1v) is 6.11. The highest BCUT2D eigenvalue weighted by Crippen LogP contribution is 2.10. The van der Waals surface area contributed by atoms with Crippen molar-refractivity contribution in [3.63, 3.8) is 0 Å². The quantitative estimate of drug-likeness (QED) is 0.876. The third-order valence-electron chi connectivity index (χ3n) is 2.51. The molecule has 6 nitrogen and oxygen atoms in total. The summed E-state index contributed by atoms with van der Waals surface area (Å²) in [5.74, 6) is 0.986. The summed E-state index contributed by atoms with van der Waals surface area (Å²) >= 11 is 0. The van der Waals surface area contributed by atoms with Crippen LogP contribution in [0.4, 0.5) is 11.8 Å². The maximum absolute atomic E-state index is 12.0. The normalized spacial score (nSPS) is 10.7. The van der Waals surface area contributed by atoms with Gasteiger partial charge in [0.2, 0.25) is 5.95 Å². The Labute approximate surface area is 111 Å². The Balaban J connectivity index is 2.13. The molecule has 0 spiro atoms. The van der Waals surface area contributed by atoms with Crippen molar-refractivity contribution in [2.75, 3.05) is 11.1 Å². The summed E-state index contributed by atoms with van der Waals surface area (Å²) in [6, 6.07) is 4.94. The molecule has 2 aromatic heterocycles. The number of aromatic nitrogens is 3. The lowest BCUT2D eigenvalue weighted by Gasteiger charge is -2.10. The van der Waals surface area contributed by atoms with Crippen molar-refractivity contribution in [1.82, 2.24) is 14.5 Å². The molecule has 0 fully saturated rings. The Hall–Kier alpha value is -2.37. The molecule has 100 valence electrons. The van der Waals surface area contributed by atoms with Crippen LogP contribution in [0.25, 0.3) is 0 Å². The number of carbonyl (C=O) groups is 1. The van der Waals surface area contributed by atoms with Crippen LogP contribution >= 0.6 is 0 Å². The van der Waals surface area contributed by atoms with Crippen molar-refractivity contribution in [3.05, 3.63) is 36.3 Å². The molecule has 0 aromatic carbocycles. The van der Waals surface area contributed by atoms with Gasteiger partial charge in [-0.2, -0.15) is 0 Å². The highest BCUT2D eigenvalue weighted by atomic mass is 16.2. The molecule has 0 aliphatic carbocycles. The average Bonchev–Trinajstić information content (AvgIpc) is 2.75. The molecule has 0 aliphatic rings. The zero-order valence-corrected chi connectivity index (χ0v) is 11.0. The molecule has 2 aromatic rings. The van der Waals surface area contributed by atoms with E-state index in [4.69, 9.17) is 5.73 Å². The number of anilines is 2. The SMILES string of the molecule is CC(C)Cn1ccnc1NC(=O)c1cccc(N)n1. The van der Waals surface area contributed by atoms with E-state index in [1.54, 1.807) is 24.4 Å². The van der Waals surface area contributed by atoms with E-state index in [9.17, 15) is 4.79 Å². The largest absolute Gasteiger partial charge is 0.384 e. The topological polar surface area (TPSA) is 85.8 Å². The molecule has 0 aliphatic heterocycles. The van der Waals surface area contributed by atoms with E-state index >= 15 is 0 Å². The number of imidazole rings is 1. The third-order valence-corrected chi connectivity index (χ3v) is 2.51. The highest BCUT2D eigenvalue weighted by molar-refractivity contribution is 6.02. The molecule has 19 heavy (non-hydrogen) atoms. The lowest BCUT2D eigenvalue weighted by molar-refractivity contribution is 0.102. The number of rotatable bonds is 4. The first-order valence-electron chi connectivity index (χ1n) is 6.11. The van der Waals surface area contributed by atoms with Crippen molar-refractivity contribution in [3.8, 4) is 0 Å². The molecule has 0 atom stereocenters. The maximum atomic E-state index is 12.0. The van der Waals surface area contributed by atoms with Crippen LogP contribution in [0.1, 0.15) is 24.3 Å². The van der Waals surface area contributed by atoms with Gasteiger partial charge in [0.1, 0.15) is 11.5 Å². The van der Waals surface area contributed by atoms with Crippen LogP contribution in [0.5, 0.6) is 0 Å². The summed E-state index contributed by atoms with van der Waals surface area (Å²) in [5, 5.41) is 2.73. The number of amides is 1. The predicted octanol–water partition coefficient (Wildman–Crippen LogP) is 1.77. The van der Waals surface area contributed by atoms with Gasteiger partial charge in [-0.1, -0.05) is 19.9 Å². The van der Waals surface area contributed by atoms with E-state index in [0.29, 0.717) is 17.7 Å². The van der Waals surface area contributed by atoms with Crippen LogP contribution in [0.3, 0.4) is 0 Å². The number of nitrogens with two attached hydrogens (primary N) is 1. The Bertz CT molecular complexity index is 576. The Morgan fingerprint density at radius 3 is 2.95 bits per heavy atom. The molecular weight excluding hydrogens is 242 g/mol. The second-order valence-electron chi connectivity index (χ2n) is 4.70. The Morgan fingerprint density at radius 1 is 1.47 bits per heavy atom. The molecule has 6 heteroatoms. The molecule has 0 radical (unpaired) electrons. The zero-order valence-electron chi connectivity index (χ0n) is 11.0. The van der Waals surface area contributed by atoms with E-state index in [-0.39, 0.29) is 11.6 Å². The monoisotopic (exact) mass is 259 g/mol. The predicted molar refractivity (Wildman–Crippen MR) is 73.7 cm³/mol. The minimum atomic E-state index is -0.316. The van der Waals surface area contributed by atoms with Crippen molar-refractivity contribution in [2.45, 2.75) is 20.4 Å². The van der Waals surface area contributed by atoms with E-state index in [1.165, 1.54) is 0 Å². The molecule has 0 saturated carbocycles. The van der Waals surface area contributed by atoms with Crippen LogP contribution in [0.15, 0.2) is 30.6 Å². The standard InChI is InChI=1S/C13H17N5O/c1-9(2)8-18-7-6-15-13(18)17-12(19)10-4-3-5-11(14)16-10/h3-7,9H,8H2,1-2H3,(H2,14,16)(H,15,17,19). The summed E-state index contributed by atoms with van der Waals surface area (Å²) in [6.45, 7) is 5.00. The minimum absolute atomic E-state index is 0.277. The van der Waals surface area contributed by atoms with Gasteiger partial charge in [-0.25, -0.2) is 9.97 Å². The van der Waals surface area contributed by atoms with Gasteiger partial charge in [0.15, 0.2) is 0 Å². The molecule has 0 bridgehead atoms. The molecule has 2 heterocycles. The summed E-state index contributed by atoms with van der Waals surface area (Å²) in [5.41, 5.74) is 5.83. The highest BCUT2D eigenvalue weighted by Gasteiger charge is 2.11. The van der Waals surface area contributed by atoms with E-state index in [2.05, 4.69) is 29.1 Å². The summed E-state index contributed by atoms with van der Waals surface area (Å²) in [7, 11) is 0. The van der Waals surface area contributed by atoms with Crippen molar-refractivity contribution in [2.24, 2.45) is 5.92 Å². The number of nitrogens with one attached hydrogen (secondary N) is 1. The summed E-state index contributed by atoms with van der Waals surface area (Å²) in [4.78, 5) is 20.1. The Kier molecular flexibility index (Phi) is 3.79. The summed E-state index contributed by atoms with van der Waals surface area (Å²) in [6.07, 6.45) is 3.49. The molecule has 0 unspecified atom stereocenters. The average molecular weight is 259 g/mol. The van der Waals surface area contributed by atoms with Gasteiger partial charge in [0.05, 0.1) is 0 Å². The van der Waals surface area contributed by atoms with Gasteiger partial charge >= 0.3 is 0 Å². The summed E-state index contributed by atoms with van der Waals surface area (Å²) < 4.78 is 1.90. The van der Waals surface area contributed by atoms with E-state index < -0.39 is 0 Å². The van der Waals surface area contributed by atoms with E-state index in [0.717, 1.165) is 6.54 Å². The number of nitrogen functional groups attached to an aromatic ring is 1. The molecule has 1 amide bonds. The van der Waals surface area contributed by atoms with Gasteiger partial charge in [0, 0.05) is 18.9 Å². The first kappa shape index (κ1) is 13.1. The first-order chi connectivity index (χ1) is 9.06. The van der Waals surface area contributed by atoms with Gasteiger partial charge in [-0.3, -0.25) is 10.1 Å². The number of hydrogen-bond acceptors (Lipinski definition) is 4. The van der Waals surface area contributed by atoms with Crippen LogP contribution < -0.4 is 11.1 Å². The molecule has 3 N–H and O–H groups in total. The van der Waals surface area contributed by atoms with Crippen molar-refractivity contribution >= 4 is 17.7 Å². The molecule has 2 rings (SSSR count).